The fourth-order valence-electron chi connectivity index (χ4n) is 9.91. The number of nitrogens with zero attached hydrogens (tertiary/aromatic N) is 2. The molecule has 0 spiro atoms. The maximum atomic E-state index is 6.54. The van der Waals surface area contributed by atoms with Crippen LogP contribution in [0, 0.1) is 0 Å². The first kappa shape index (κ1) is 35.8. The number of hydrogen-bond acceptors (Lipinski definition) is 3. The zero-order chi connectivity index (χ0) is 41.0. The van der Waals surface area contributed by atoms with Crippen LogP contribution in [0.5, 0.6) is 0 Å². The fraction of sp³-hybridized carbons (Fsp3) is 0.0169. The van der Waals surface area contributed by atoms with E-state index in [4.69, 9.17) is 14.4 Å². The summed E-state index contributed by atoms with van der Waals surface area (Å²) in [5.74, 6) is 0.674. The Labute approximate surface area is 360 Å². The third kappa shape index (κ3) is 5.59. The van der Waals surface area contributed by atoms with Crippen LogP contribution in [-0.2, 0) is 5.41 Å². The van der Waals surface area contributed by atoms with Gasteiger partial charge in [0, 0.05) is 33.0 Å². The Kier molecular flexibility index (Phi) is 8.39. The maximum absolute atomic E-state index is 6.54. The lowest BCUT2D eigenvalue weighted by molar-refractivity contribution is 0.670. The van der Waals surface area contributed by atoms with Crippen molar-refractivity contribution in [2.75, 3.05) is 0 Å². The molecule has 0 radical (unpaired) electrons. The number of para-hydroxylation sites is 2. The lowest BCUT2D eigenvalue weighted by Crippen LogP contribution is -2.29. The SMILES string of the molecule is c1ccc(-c2nc(-c3ccc(-c4cccc5c4C(c4ccccc4)(c4ccccc4)c4ccccc4-5)cc3)cc(-c3ccccc3-c3cccc4c3oc3ccccc34)n2)cc1. The highest BCUT2D eigenvalue weighted by Crippen LogP contribution is 2.58. The van der Waals surface area contributed by atoms with Crippen LogP contribution in [0.25, 0.3) is 89.2 Å². The Morgan fingerprint density at radius 2 is 0.871 bits per heavy atom. The number of fused-ring (bicyclic) bond motifs is 6. The Morgan fingerprint density at radius 1 is 0.339 bits per heavy atom. The van der Waals surface area contributed by atoms with Gasteiger partial charge < -0.3 is 4.42 Å². The number of benzene rings is 9. The molecule has 11 aromatic rings. The molecule has 12 rings (SSSR count). The fourth-order valence-corrected chi connectivity index (χ4v) is 9.91. The van der Waals surface area contributed by atoms with E-state index in [1.807, 2.05) is 30.3 Å². The predicted molar refractivity (Wildman–Crippen MR) is 254 cm³/mol. The molecule has 0 bridgehead atoms. The number of furan rings is 1. The highest BCUT2D eigenvalue weighted by molar-refractivity contribution is 6.10. The van der Waals surface area contributed by atoms with Gasteiger partial charge in [0.25, 0.3) is 0 Å². The summed E-state index contributed by atoms with van der Waals surface area (Å²) in [4.78, 5) is 10.5. The van der Waals surface area contributed by atoms with E-state index in [0.29, 0.717) is 5.82 Å². The van der Waals surface area contributed by atoms with Crippen LogP contribution in [0.2, 0.25) is 0 Å². The van der Waals surface area contributed by atoms with Crippen LogP contribution < -0.4 is 0 Å². The molecule has 3 nitrogen and oxygen atoms in total. The highest BCUT2D eigenvalue weighted by atomic mass is 16.3. The Balaban J connectivity index is 1.02. The molecule has 0 amide bonds. The lowest BCUT2D eigenvalue weighted by Gasteiger charge is -2.35. The highest BCUT2D eigenvalue weighted by Gasteiger charge is 2.47. The molecule has 0 N–H and O–H groups in total. The van der Waals surface area contributed by atoms with Crippen LogP contribution >= 0.6 is 0 Å². The molecule has 290 valence electrons. The molecular formula is C59H38N2O. The molecule has 0 atom stereocenters. The largest absolute Gasteiger partial charge is 0.455 e. The lowest BCUT2D eigenvalue weighted by atomic mass is 9.66. The predicted octanol–water partition coefficient (Wildman–Crippen LogP) is 15.1. The first-order valence-electron chi connectivity index (χ1n) is 21.2. The molecule has 0 saturated heterocycles. The van der Waals surface area contributed by atoms with E-state index >= 15 is 0 Å². The average molecular weight is 791 g/mol. The molecule has 9 aromatic carbocycles. The van der Waals surface area contributed by atoms with Crippen LogP contribution in [0.15, 0.2) is 235 Å². The van der Waals surface area contributed by atoms with Crippen molar-refractivity contribution in [2.45, 2.75) is 5.41 Å². The van der Waals surface area contributed by atoms with Crippen molar-refractivity contribution in [3.05, 3.63) is 253 Å². The molecule has 0 fully saturated rings. The minimum atomic E-state index is -0.504. The van der Waals surface area contributed by atoms with E-state index in [0.717, 1.165) is 66.7 Å². The molecule has 1 aliphatic rings. The summed E-state index contributed by atoms with van der Waals surface area (Å²) in [7, 11) is 0. The quantitative estimate of drug-likeness (QED) is 0.161. The van der Waals surface area contributed by atoms with Crippen molar-refractivity contribution in [1.29, 1.82) is 0 Å². The zero-order valence-corrected chi connectivity index (χ0v) is 33.7. The standard InChI is InChI=1S/C59H38N2O/c1-4-18-41(19-5-1)58-60-53(38-54(61-58)47-26-11-10-24-45(47)50-30-17-31-51-48-27-13-15-33-55(48)62-57(50)51)40-36-34-39(35-37-40)44-28-16-29-49-46-25-12-14-32-52(46)59(56(44)49,42-20-6-2-7-21-42)43-22-8-3-9-23-43/h1-38H. The van der Waals surface area contributed by atoms with Gasteiger partial charge in [0.1, 0.15) is 11.2 Å². The van der Waals surface area contributed by atoms with E-state index < -0.39 is 5.41 Å². The van der Waals surface area contributed by atoms with Crippen molar-refractivity contribution in [3.63, 3.8) is 0 Å². The van der Waals surface area contributed by atoms with Crippen molar-refractivity contribution in [3.8, 4) is 67.3 Å². The van der Waals surface area contributed by atoms with Gasteiger partial charge >= 0.3 is 0 Å². The first-order valence-corrected chi connectivity index (χ1v) is 21.2. The molecular weight excluding hydrogens is 753 g/mol. The van der Waals surface area contributed by atoms with Gasteiger partial charge in [0.05, 0.1) is 16.8 Å². The summed E-state index contributed by atoms with van der Waals surface area (Å²) in [6.07, 6.45) is 0. The second-order valence-electron chi connectivity index (χ2n) is 16.0. The first-order chi connectivity index (χ1) is 30.8. The number of aromatic nitrogens is 2. The topological polar surface area (TPSA) is 38.9 Å². The summed E-state index contributed by atoms with van der Waals surface area (Å²) in [5, 5.41) is 2.20. The van der Waals surface area contributed by atoms with Crippen molar-refractivity contribution in [1.82, 2.24) is 9.97 Å². The van der Waals surface area contributed by atoms with E-state index in [1.54, 1.807) is 0 Å². The molecule has 62 heavy (non-hydrogen) atoms. The van der Waals surface area contributed by atoms with Gasteiger partial charge in [0.15, 0.2) is 5.82 Å². The van der Waals surface area contributed by atoms with Crippen LogP contribution in [-0.4, -0.2) is 9.97 Å². The summed E-state index contributed by atoms with van der Waals surface area (Å²) < 4.78 is 6.54. The van der Waals surface area contributed by atoms with E-state index in [9.17, 15) is 0 Å². The third-order valence-electron chi connectivity index (χ3n) is 12.6. The Hall–Kier alpha value is -8.14. The second-order valence-corrected chi connectivity index (χ2v) is 16.0. The van der Waals surface area contributed by atoms with Gasteiger partial charge in [0.2, 0.25) is 0 Å². The summed E-state index contributed by atoms with van der Waals surface area (Å²) >= 11 is 0. The van der Waals surface area contributed by atoms with Crippen molar-refractivity contribution >= 4 is 21.9 Å². The molecule has 0 aliphatic heterocycles. The van der Waals surface area contributed by atoms with Gasteiger partial charge in [-0.1, -0.05) is 218 Å². The normalized spacial score (nSPS) is 12.6. The van der Waals surface area contributed by atoms with Gasteiger partial charge in [-0.3, -0.25) is 0 Å². The summed E-state index contributed by atoms with van der Waals surface area (Å²) in [6.45, 7) is 0. The summed E-state index contributed by atoms with van der Waals surface area (Å²) in [5.41, 5.74) is 18.0. The molecule has 2 heterocycles. The van der Waals surface area contributed by atoms with Crippen LogP contribution in [0.3, 0.4) is 0 Å². The molecule has 3 heteroatoms. The minimum absolute atomic E-state index is 0.504. The number of hydrogen-bond donors (Lipinski definition) is 0. The number of rotatable bonds is 7. The van der Waals surface area contributed by atoms with Crippen molar-refractivity contribution < 1.29 is 4.42 Å². The van der Waals surface area contributed by atoms with Gasteiger partial charge in [-0.25, -0.2) is 9.97 Å². The van der Waals surface area contributed by atoms with Gasteiger partial charge in [-0.2, -0.15) is 0 Å². The third-order valence-corrected chi connectivity index (χ3v) is 12.6. The van der Waals surface area contributed by atoms with E-state index in [2.05, 4.69) is 200 Å². The van der Waals surface area contributed by atoms with Gasteiger partial charge in [-0.15, -0.1) is 0 Å². The molecule has 0 unspecified atom stereocenters. The Bertz CT molecular complexity index is 3400. The molecule has 2 aromatic heterocycles. The van der Waals surface area contributed by atoms with Crippen LogP contribution in [0.4, 0.5) is 0 Å². The van der Waals surface area contributed by atoms with E-state index in [-0.39, 0.29) is 0 Å². The van der Waals surface area contributed by atoms with Crippen LogP contribution in [0.1, 0.15) is 22.3 Å². The second kappa shape index (κ2) is 14.5. The van der Waals surface area contributed by atoms with Gasteiger partial charge in [-0.05, 0) is 62.2 Å². The smallest absolute Gasteiger partial charge is 0.160 e. The maximum Gasteiger partial charge on any atom is 0.160 e. The minimum Gasteiger partial charge on any atom is -0.455 e. The monoisotopic (exact) mass is 790 g/mol. The molecule has 0 saturated carbocycles. The van der Waals surface area contributed by atoms with E-state index in [1.165, 1.54) is 38.9 Å². The summed E-state index contributed by atoms with van der Waals surface area (Å²) in [6, 6.07) is 82.2. The molecule has 1 aliphatic carbocycles. The average Bonchev–Trinajstić information content (AvgIpc) is 3.89. The zero-order valence-electron chi connectivity index (χ0n) is 33.7. The Morgan fingerprint density at radius 3 is 1.63 bits per heavy atom. The van der Waals surface area contributed by atoms with Crippen molar-refractivity contribution in [2.24, 2.45) is 0 Å².